The van der Waals surface area contributed by atoms with Crippen LogP contribution in [0.5, 0.6) is 0 Å². The number of piperidine rings is 1. The van der Waals surface area contributed by atoms with E-state index in [1.807, 2.05) is 25.0 Å². The van der Waals surface area contributed by atoms with Crippen molar-refractivity contribution in [3.8, 4) is 0 Å². The number of nitrogens with two attached hydrogens (primary N) is 1. The topological polar surface area (TPSA) is 46.3 Å². The Morgan fingerprint density at radius 2 is 2.25 bits per heavy atom. The minimum atomic E-state index is 0.141. The Kier molecular flexibility index (Phi) is 5.62. The van der Waals surface area contributed by atoms with Gasteiger partial charge in [0.15, 0.2) is 0 Å². The van der Waals surface area contributed by atoms with E-state index in [1.165, 1.54) is 6.42 Å². The molecule has 94 valence electrons. The van der Waals surface area contributed by atoms with Crippen molar-refractivity contribution in [2.75, 3.05) is 25.1 Å². The maximum absolute atomic E-state index is 12.1. The first kappa shape index (κ1) is 13.8. The molecule has 0 saturated carbocycles. The zero-order chi connectivity index (χ0) is 12.1. The second kappa shape index (κ2) is 6.50. The third-order valence-electron chi connectivity index (χ3n) is 3.35. The van der Waals surface area contributed by atoms with E-state index in [-0.39, 0.29) is 12.0 Å². The summed E-state index contributed by atoms with van der Waals surface area (Å²) in [6.07, 6.45) is 4.31. The van der Waals surface area contributed by atoms with Gasteiger partial charge in [-0.25, -0.2) is 0 Å². The molecule has 0 aromatic heterocycles. The number of hydrogen-bond acceptors (Lipinski definition) is 3. The lowest BCUT2D eigenvalue weighted by atomic mass is 9.91. The Morgan fingerprint density at radius 3 is 2.81 bits per heavy atom. The van der Waals surface area contributed by atoms with Crippen molar-refractivity contribution in [3.63, 3.8) is 0 Å². The first-order valence-corrected chi connectivity index (χ1v) is 7.49. The summed E-state index contributed by atoms with van der Waals surface area (Å²) in [4.78, 5) is 14.1. The summed E-state index contributed by atoms with van der Waals surface area (Å²) < 4.78 is 0. The molecule has 1 heterocycles. The highest BCUT2D eigenvalue weighted by molar-refractivity contribution is 7.98. The van der Waals surface area contributed by atoms with Crippen LogP contribution in [-0.2, 0) is 4.79 Å². The van der Waals surface area contributed by atoms with E-state index >= 15 is 0 Å². The van der Waals surface area contributed by atoms with Crippen LogP contribution in [0.25, 0.3) is 0 Å². The van der Waals surface area contributed by atoms with E-state index in [9.17, 15) is 4.79 Å². The average molecular weight is 244 g/mol. The van der Waals surface area contributed by atoms with Crippen LogP contribution < -0.4 is 5.73 Å². The number of thioether (sulfide) groups is 1. The fraction of sp³-hybridized carbons (Fsp3) is 0.917. The van der Waals surface area contributed by atoms with Gasteiger partial charge >= 0.3 is 0 Å². The highest BCUT2D eigenvalue weighted by Crippen LogP contribution is 2.21. The third-order valence-corrected chi connectivity index (χ3v) is 4.18. The van der Waals surface area contributed by atoms with E-state index in [4.69, 9.17) is 5.73 Å². The quantitative estimate of drug-likeness (QED) is 0.816. The predicted octanol–water partition coefficient (Wildman–Crippen LogP) is 1.57. The molecule has 0 spiro atoms. The van der Waals surface area contributed by atoms with Crippen molar-refractivity contribution in [2.24, 2.45) is 17.6 Å². The van der Waals surface area contributed by atoms with Crippen molar-refractivity contribution in [3.05, 3.63) is 0 Å². The molecule has 0 aromatic carbocycles. The van der Waals surface area contributed by atoms with E-state index in [0.29, 0.717) is 11.8 Å². The minimum Gasteiger partial charge on any atom is -0.342 e. The summed E-state index contributed by atoms with van der Waals surface area (Å²) in [6.45, 7) is 5.84. The van der Waals surface area contributed by atoms with Gasteiger partial charge in [0.1, 0.15) is 0 Å². The number of rotatable bonds is 4. The van der Waals surface area contributed by atoms with Gasteiger partial charge < -0.3 is 10.6 Å². The van der Waals surface area contributed by atoms with Gasteiger partial charge in [0.05, 0.1) is 0 Å². The number of nitrogens with zero attached hydrogens (tertiary/aromatic N) is 1. The number of likely N-dealkylation sites (tertiary alicyclic amines) is 1. The second-order valence-corrected chi connectivity index (χ2v) is 5.81. The van der Waals surface area contributed by atoms with Gasteiger partial charge in [0.25, 0.3) is 0 Å². The van der Waals surface area contributed by atoms with Gasteiger partial charge in [0.2, 0.25) is 5.91 Å². The van der Waals surface area contributed by atoms with Crippen LogP contribution in [0.1, 0.15) is 26.7 Å². The van der Waals surface area contributed by atoms with Crippen molar-refractivity contribution >= 4 is 17.7 Å². The fourth-order valence-corrected chi connectivity index (χ4v) is 2.91. The molecule has 16 heavy (non-hydrogen) atoms. The Balaban J connectivity index is 2.49. The van der Waals surface area contributed by atoms with Crippen LogP contribution in [-0.4, -0.2) is 41.9 Å². The molecule has 3 atom stereocenters. The molecule has 2 N–H and O–H groups in total. The van der Waals surface area contributed by atoms with Crippen molar-refractivity contribution in [1.29, 1.82) is 0 Å². The van der Waals surface area contributed by atoms with Crippen LogP contribution in [0.3, 0.4) is 0 Å². The normalized spacial score (nSPS) is 25.2. The molecule has 3 nitrogen and oxygen atoms in total. The van der Waals surface area contributed by atoms with Crippen LogP contribution in [0.4, 0.5) is 0 Å². The van der Waals surface area contributed by atoms with E-state index < -0.39 is 0 Å². The monoisotopic (exact) mass is 244 g/mol. The molecule has 0 unspecified atom stereocenters. The molecule has 1 aliphatic rings. The molecular formula is C12H24N2OS. The summed E-state index contributed by atoms with van der Waals surface area (Å²) in [7, 11) is 0. The molecule has 1 aliphatic heterocycles. The minimum absolute atomic E-state index is 0.141. The molecule has 1 fully saturated rings. The Morgan fingerprint density at radius 1 is 1.56 bits per heavy atom. The maximum atomic E-state index is 12.1. The molecule has 0 aliphatic carbocycles. The SMILES string of the molecule is CSC[C@H](C)C(=O)N1CCC[C@@H]([C@H](C)N)C1. The second-order valence-electron chi connectivity index (χ2n) is 4.90. The lowest BCUT2D eigenvalue weighted by molar-refractivity contribution is -0.136. The molecule has 1 rings (SSSR count). The van der Waals surface area contributed by atoms with E-state index in [1.54, 1.807) is 11.8 Å². The first-order chi connectivity index (χ1) is 7.56. The Bertz CT molecular complexity index is 233. The standard InChI is InChI=1S/C12H24N2OS/c1-9(8-16-3)12(15)14-6-4-5-11(7-14)10(2)13/h9-11H,4-8,13H2,1-3H3/t9-,10-,11+/m0/s1. The maximum Gasteiger partial charge on any atom is 0.226 e. The predicted molar refractivity (Wildman–Crippen MR) is 70.5 cm³/mol. The summed E-state index contributed by atoms with van der Waals surface area (Å²) in [5.41, 5.74) is 5.92. The van der Waals surface area contributed by atoms with Crippen molar-refractivity contribution in [1.82, 2.24) is 4.90 Å². The summed E-state index contributed by atoms with van der Waals surface area (Å²) in [6, 6.07) is 0.200. The van der Waals surface area contributed by atoms with Gasteiger partial charge in [-0.05, 0) is 31.9 Å². The largest absolute Gasteiger partial charge is 0.342 e. The van der Waals surface area contributed by atoms with E-state index in [2.05, 4.69) is 0 Å². The lowest BCUT2D eigenvalue weighted by Crippen LogP contribution is -2.47. The molecule has 0 radical (unpaired) electrons. The van der Waals surface area contributed by atoms with Gasteiger partial charge in [-0.2, -0.15) is 11.8 Å². The first-order valence-electron chi connectivity index (χ1n) is 6.09. The zero-order valence-corrected chi connectivity index (χ0v) is 11.4. The summed E-state index contributed by atoms with van der Waals surface area (Å²) in [5.74, 6) is 1.85. The number of amides is 1. The van der Waals surface area contributed by atoms with Gasteiger partial charge in [-0.3, -0.25) is 4.79 Å². The Labute approximate surface area is 103 Å². The average Bonchev–Trinajstić information content (AvgIpc) is 2.28. The highest BCUT2D eigenvalue weighted by atomic mass is 32.2. The zero-order valence-electron chi connectivity index (χ0n) is 10.6. The van der Waals surface area contributed by atoms with Crippen LogP contribution >= 0.6 is 11.8 Å². The number of carbonyl (C=O) groups is 1. The lowest BCUT2D eigenvalue weighted by Gasteiger charge is -2.36. The smallest absolute Gasteiger partial charge is 0.226 e. The summed E-state index contributed by atoms with van der Waals surface area (Å²) >= 11 is 1.74. The Hall–Kier alpha value is -0.220. The third kappa shape index (κ3) is 3.67. The fourth-order valence-electron chi connectivity index (χ4n) is 2.27. The molecule has 0 bridgehead atoms. The van der Waals surface area contributed by atoms with Gasteiger partial charge in [-0.1, -0.05) is 6.92 Å². The number of hydrogen-bond donors (Lipinski definition) is 1. The molecule has 1 saturated heterocycles. The van der Waals surface area contributed by atoms with Crippen LogP contribution in [0.2, 0.25) is 0 Å². The number of carbonyl (C=O) groups excluding carboxylic acids is 1. The molecule has 1 amide bonds. The molecule has 0 aromatic rings. The van der Waals surface area contributed by atoms with Crippen molar-refractivity contribution in [2.45, 2.75) is 32.7 Å². The summed E-state index contributed by atoms with van der Waals surface area (Å²) in [5, 5.41) is 0. The van der Waals surface area contributed by atoms with Crippen LogP contribution in [0.15, 0.2) is 0 Å². The molecular weight excluding hydrogens is 220 g/mol. The van der Waals surface area contributed by atoms with Crippen LogP contribution in [0, 0.1) is 11.8 Å². The highest BCUT2D eigenvalue weighted by Gasteiger charge is 2.27. The van der Waals surface area contributed by atoms with Gasteiger partial charge in [0, 0.05) is 30.8 Å². The van der Waals surface area contributed by atoms with E-state index in [0.717, 1.165) is 25.3 Å². The molecule has 4 heteroatoms. The van der Waals surface area contributed by atoms with Gasteiger partial charge in [-0.15, -0.1) is 0 Å². The van der Waals surface area contributed by atoms with Crippen molar-refractivity contribution < 1.29 is 4.79 Å².